The molecule has 0 aliphatic carbocycles. The molecule has 0 radical (unpaired) electrons. The number of nitrogens with zero attached hydrogens (tertiary/aromatic N) is 5. The van der Waals surface area contributed by atoms with Gasteiger partial charge in [0.05, 0.1) is 33.9 Å². The second-order valence-electron chi connectivity index (χ2n) is 4.59. The third-order valence-corrected chi connectivity index (χ3v) is 2.61. The van der Waals surface area contributed by atoms with Gasteiger partial charge in [-0.1, -0.05) is 17.3 Å². The fourth-order valence-electron chi connectivity index (χ4n) is 1.80. The van der Waals surface area contributed by atoms with Gasteiger partial charge in [-0.3, -0.25) is 4.84 Å². The lowest BCUT2D eigenvalue weighted by Crippen LogP contribution is -2.37. The van der Waals surface area contributed by atoms with E-state index in [1.807, 2.05) is 46.3 Å². The van der Waals surface area contributed by atoms with Crippen molar-refractivity contribution in [2.24, 2.45) is 10.3 Å². The number of hydrogen-bond donors (Lipinski definition) is 0. The molecule has 0 fully saturated rings. The molecule has 1 heterocycles. The van der Waals surface area contributed by atoms with E-state index in [-0.39, 0.29) is 5.70 Å². The van der Waals surface area contributed by atoms with Crippen LogP contribution in [0.5, 0.6) is 0 Å². The molecule has 20 heavy (non-hydrogen) atoms. The quantitative estimate of drug-likeness (QED) is 0.335. The zero-order valence-corrected chi connectivity index (χ0v) is 11.9. The van der Waals surface area contributed by atoms with Crippen LogP contribution in [-0.2, 0) is 9.63 Å². The molecule has 0 unspecified atom stereocenters. The Hall–Kier alpha value is -2.66. The van der Waals surface area contributed by atoms with Crippen molar-refractivity contribution in [3.63, 3.8) is 0 Å². The molecule has 2 rings (SSSR count). The summed E-state index contributed by atoms with van der Waals surface area (Å²) in [5.41, 5.74) is 1.44. The predicted molar refractivity (Wildman–Crippen MR) is 73.8 cm³/mol. The molecule has 1 aliphatic heterocycles. The van der Waals surface area contributed by atoms with Gasteiger partial charge in [0.2, 0.25) is 0 Å². The number of carbonyl (C=O) groups excluding carboxylic acids is 1. The number of rotatable bonds is 1. The van der Waals surface area contributed by atoms with Gasteiger partial charge in [-0.2, -0.15) is 0 Å². The summed E-state index contributed by atoms with van der Waals surface area (Å²) in [6, 6.07) is 7.70. The van der Waals surface area contributed by atoms with Crippen LogP contribution in [0.15, 0.2) is 34.6 Å². The molecular formula is C13H16N5O2+. The lowest BCUT2D eigenvalue weighted by Gasteiger charge is -2.22. The van der Waals surface area contributed by atoms with Gasteiger partial charge in [0.15, 0.2) is 11.6 Å². The molecule has 0 saturated carbocycles. The molecule has 0 saturated heterocycles. The van der Waals surface area contributed by atoms with Crippen molar-refractivity contribution in [1.82, 2.24) is 10.1 Å². The molecule has 7 heteroatoms. The maximum atomic E-state index is 11.2. The summed E-state index contributed by atoms with van der Waals surface area (Å²) >= 11 is 0. The molecule has 7 nitrogen and oxygen atoms in total. The van der Waals surface area contributed by atoms with Crippen LogP contribution in [0.1, 0.15) is 5.56 Å². The fraction of sp³-hybridized carbons (Fsp3) is 0.308. The van der Waals surface area contributed by atoms with Crippen molar-refractivity contribution in [2.45, 2.75) is 0 Å². The van der Waals surface area contributed by atoms with Crippen molar-refractivity contribution in [3.05, 3.63) is 29.8 Å². The Labute approximate surface area is 117 Å². The highest BCUT2D eigenvalue weighted by Gasteiger charge is 2.27. The molecule has 104 valence electrons. The van der Waals surface area contributed by atoms with Crippen molar-refractivity contribution < 1.29 is 14.2 Å². The molecule has 0 spiro atoms. The number of hydroxylamine groups is 1. The second kappa shape index (κ2) is 5.54. The van der Waals surface area contributed by atoms with Gasteiger partial charge < -0.3 is 0 Å². The van der Waals surface area contributed by atoms with E-state index in [9.17, 15) is 4.79 Å². The molecule has 1 aromatic rings. The summed E-state index contributed by atoms with van der Waals surface area (Å²) in [5, 5.41) is 8.98. The van der Waals surface area contributed by atoms with Gasteiger partial charge in [0.25, 0.3) is 0 Å². The summed E-state index contributed by atoms with van der Waals surface area (Å²) in [7, 11) is 7.31. The second-order valence-corrected chi connectivity index (χ2v) is 4.59. The van der Waals surface area contributed by atoms with Crippen LogP contribution in [0.2, 0.25) is 0 Å². The minimum absolute atomic E-state index is 0.191. The maximum Gasteiger partial charge on any atom is 0.471 e. The van der Waals surface area contributed by atoms with Gasteiger partial charge in [-0.25, -0.2) is 14.3 Å². The van der Waals surface area contributed by atoms with E-state index in [1.54, 1.807) is 21.6 Å². The van der Waals surface area contributed by atoms with Gasteiger partial charge >= 0.3 is 6.02 Å². The van der Waals surface area contributed by atoms with Crippen LogP contribution in [-0.4, -0.2) is 54.8 Å². The Morgan fingerprint density at radius 2 is 2.05 bits per heavy atom. The summed E-state index contributed by atoms with van der Waals surface area (Å²) < 4.78 is 1.76. The Balaban J connectivity index is 2.37. The zero-order valence-electron chi connectivity index (χ0n) is 11.9. The number of amidine groups is 1. The van der Waals surface area contributed by atoms with Gasteiger partial charge in [-0.15, -0.1) is 5.11 Å². The van der Waals surface area contributed by atoms with E-state index in [0.717, 1.165) is 5.17 Å². The first-order chi connectivity index (χ1) is 9.54. The van der Waals surface area contributed by atoms with E-state index < -0.39 is 0 Å². The molecule has 1 aromatic carbocycles. The van der Waals surface area contributed by atoms with Crippen molar-refractivity contribution >= 4 is 23.3 Å². The van der Waals surface area contributed by atoms with Crippen LogP contribution in [0.25, 0.3) is 5.70 Å². The SMILES string of the molecule is CN(C)C(ON1N=Nc2ccccc2C1=C=O)=[N+](C)C. The first kappa shape index (κ1) is 13.8. The average molecular weight is 274 g/mol. The monoisotopic (exact) mass is 274 g/mol. The van der Waals surface area contributed by atoms with Crippen molar-refractivity contribution in [2.75, 3.05) is 28.2 Å². The highest BCUT2D eigenvalue weighted by molar-refractivity contribution is 5.90. The normalized spacial score (nSPS) is 12.6. The first-order valence-corrected chi connectivity index (χ1v) is 6.00. The molecule has 0 atom stereocenters. The van der Waals surface area contributed by atoms with Crippen LogP contribution >= 0.6 is 0 Å². The molecule has 0 amide bonds. The van der Waals surface area contributed by atoms with Gasteiger partial charge in [-0.05, 0) is 17.4 Å². The highest BCUT2D eigenvalue weighted by atomic mass is 16.7. The summed E-state index contributed by atoms with van der Waals surface area (Å²) in [5.74, 6) is 1.86. The first-order valence-electron chi connectivity index (χ1n) is 6.00. The summed E-state index contributed by atoms with van der Waals surface area (Å²) in [6.45, 7) is 0. The van der Waals surface area contributed by atoms with Crippen LogP contribution < -0.4 is 0 Å². The minimum Gasteiger partial charge on any atom is -0.278 e. The van der Waals surface area contributed by atoms with E-state index in [4.69, 9.17) is 4.84 Å². The third-order valence-electron chi connectivity index (χ3n) is 2.61. The van der Waals surface area contributed by atoms with Gasteiger partial charge in [0, 0.05) is 5.56 Å². The lowest BCUT2D eigenvalue weighted by atomic mass is 10.1. The predicted octanol–water partition coefficient (Wildman–Crippen LogP) is 1.29. The Kier molecular flexibility index (Phi) is 3.81. The molecule has 0 aromatic heterocycles. The lowest BCUT2D eigenvalue weighted by molar-refractivity contribution is -0.485. The van der Waals surface area contributed by atoms with E-state index in [2.05, 4.69) is 10.3 Å². The number of benzene rings is 1. The van der Waals surface area contributed by atoms with Gasteiger partial charge in [0.1, 0.15) is 0 Å². The summed E-state index contributed by atoms with van der Waals surface area (Å²) in [6.07, 6.45) is 0. The molecule has 1 aliphatic rings. The van der Waals surface area contributed by atoms with Crippen LogP contribution in [0.3, 0.4) is 0 Å². The minimum atomic E-state index is 0.191. The Morgan fingerprint density at radius 1 is 1.35 bits per heavy atom. The Bertz CT molecular complexity index is 625. The summed E-state index contributed by atoms with van der Waals surface area (Å²) in [4.78, 5) is 18.6. The van der Waals surface area contributed by atoms with Crippen molar-refractivity contribution in [1.29, 1.82) is 0 Å². The molecular weight excluding hydrogens is 258 g/mol. The molecule has 0 N–H and O–H groups in total. The molecule has 0 bridgehead atoms. The highest BCUT2D eigenvalue weighted by Crippen LogP contribution is 2.32. The number of hydrogen-bond acceptors (Lipinski definition) is 5. The van der Waals surface area contributed by atoms with Crippen LogP contribution in [0.4, 0.5) is 5.69 Å². The van der Waals surface area contributed by atoms with E-state index >= 15 is 0 Å². The number of fused-ring (bicyclic) bond motifs is 1. The maximum absolute atomic E-state index is 11.2. The van der Waals surface area contributed by atoms with E-state index in [0.29, 0.717) is 17.3 Å². The average Bonchev–Trinajstić information content (AvgIpc) is 2.43. The van der Waals surface area contributed by atoms with E-state index in [1.165, 1.54) is 0 Å². The smallest absolute Gasteiger partial charge is 0.278 e. The zero-order chi connectivity index (χ0) is 14.7. The van der Waals surface area contributed by atoms with Crippen LogP contribution in [0, 0.1) is 0 Å². The standard InChI is InChI=1S/C13H16N5O2/c1-16(2)13(17(3)4)20-18-12(9-19)10-7-5-6-8-11(10)14-15-18/h5-8H,1-4H3/q+1. The fourth-order valence-corrected chi connectivity index (χ4v) is 1.80. The third kappa shape index (κ3) is 2.53. The largest absolute Gasteiger partial charge is 0.471 e. The topological polar surface area (TPSA) is 60.5 Å². The van der Waals surface area contributed by atoms with Crippen molar-refractivity contribution in [3.8, 4) is 0 Å². The Morgan fingerprint density at radius 3 is 2.65 bits per heavy atom.